The van der Waals surface area contributed by atoms with E-state index < -0.39 is 10.0 Å². The van der Waals surface area contributed by atoms with Gasteiger partial charge in [0, 0.05) is 38.8 Å². The molecular weight excluding hydrogens is 424 g/mol. The van der Waals surface area contributed by atoms with Crippen LogP contribution in [0, 0.1) is 18.3 Å². The van der Waals surface area contributed by atoms with Crippen LogP contribution >= 0.6 is 0 Å². The number of carbonyl (C=O) groups is 1. The lowest BCUT2D eigenvalue weighted by atomic mass is 10.1. The Morgan fingerprint density at radius 3 is 2.34 bits per heavy atom. The van der Waals surface area contributed by atoms with Crippen molar-refractivity contribution in [2.24, 2.45) is 0 Å². The minimum absolute atomic E-state index is 0.0280. The monoisotopic (exact) mass is 452 g/mol. The standard InChI is InChI=1S/C24H28N4O3S/c1-19-6-8-20(9-7-19)17-27(22-10-11-22)18-24(29)26-12-14-28(15-13-26)32(30,31)23-5-3-2-4-21(23)16-25/h2-9,22H,10-15,17-18H2,1H3. The largest absolute Gasteiger partial charge is 0.339 e. The topological polar surface area (TPSA) is 84.7 Å². The Hall–Kier alpha value is -2.73. The van der Waals surface area contributed by atoms with Crippen molar-refractivity contribution in [3.05, 3.63) is 65.2 Å². The van der Waals surface area contributed by atoms with Gasteiger partial charge in [-0.3, -0.25) is 9.69 Å². The molecule has 2 aliphatic rings. The molecule has 8 heteroatoms. The van der Waals surface area contributed by atoms with E-state index in [9.17, 15) is 18.5 Å². The Morgan fingerprint density at radius 1 is 1.06 bits per heavy atom. The molecule has 0 bridgehead atoms. The number of sulfonamides is 1. The Balaban J connectivity index is 1.36. The van der Waals surface area contributed by atoms with E-state index in [0.29, 0.717) is 25.7 Å². The first kappa shape index (κ1) is 22.5. The minimum Gasteiger partial charge on any atom is -0.339 e. The first-order valence-corrected chi connectivity index (χ1v) is 12.4. The van der Waals surface area contributed by atoms with Crippen molar-refractivity contribution in [1.82, 2.24) is 14.1 Å². The summed E-state index contributed by atoms with van der Waals surface area (Å²) in [6.07, 6.45) is 2.23. The molecule has 1 aliphatic heterocycles. The first-order chi connectivity index (χ1) is 15.4. The molecule has 0 atom stereocenters. The van der Waals surface area contributed by atoms with E-state index in [1.165, 1.54) is 27.6 Å². The van der Waals surface area contributed by atoms with Gasteiger partial charge in [-0.05, 0) is 37.5 Å². The third-order valence-electron chi connectivity index (χ3n) is 6.12. The van der Waals surface area contributed by atoms with E-state index in [-0.39, 0.29) is 29.5 Å². The number of benzene rings is 2. The second-order valence-corrected chi connectivity index (χ2v) is 10.4. The van der Waals surface area contributed by atoms with Crippen LogP contribution in [0.2, 0.25) is 0 Å². The van der Waals surface area contributed by atoms with Crippen LogP contribution in [0.1, 0.15) is 29.5 Å². The van der Waals surface area contributed by atoms with Crippen molar-refractivity contribution in [3.8, 4) is 6.07 Å². The summed E-state index contributed by atoms with van der Waals surface area (Å²) >= 11 is 0. The summed E-state index contributed by atoms with van der Waals surface area (Å²) in [4.78, 5) is 17.0. The van der Waals surface area contributed by atoms with Crippen LogP contribution in [0.5, 0.6) is 0 Å². The molecule has 2 fully saturated rings. The van der Waals surface area contributed by atoms with E-state index in [0.717, 1.165) is 19.4 Å². The molecule has 1 amide bonds. The van der Waals surface area contributed by atoms with Gasteiger partial charge in [-0.25, -0.2) is 8.42 Å². The molecule has 4 rings (SSSR count). The van der Waals surface area contributed by atoms with Crippen LogP contribution in [-0.4, -0.2) is 67.2 Å². The molecule has 0 N–H and O–H groups in total. The fraction of sp³-hybridized carbons (Fsp3) is 0.417. The Labute approximate surface area is 189 Å². The van der Waals surface area contributed by atoms with Crippen LogP contribution in [0.3, 0.4) is 0 Å². The quantitative estimate of drug-likeness (QED) is 0.644. The minimum atomic E-state index is -3.76. The second-order valence-electron chi connectivity index (χ2n) is 8.51. The number of aryl methyl sites for hydroxylation is 1. The molecule has 1 heterocycles. The maximum Gasteiger partial charge on any atom is 0.244 e. The third-order valence-corrected chi connectivity index (χ3v) is 8.08. The predicted octanol–water partition coefficient (Wildman–Crippen LogP) is 2.36. The maximum atomic E-state index is 13.0. The number of piperazine rings is 1. The SMILES string of the molecule is Cc1ccc(CN(CC(=O)N2CCN(S(=O)(=O)c3ccccc3C#N)CC2)C2CC2)cc1. The molecule has 1 saturated carbocycles. The number of rotatable bonds is 7. The fourth-order valence-corrected chi connectivity index (χ4v) is 5.62. The molecule has 2 aromatic carbocycles. The first-order valence-electron chi connectivity index (χ1n) is 10.9. The molecule has 2 aromatic rings. The summed E-state index contributed by atoms with van der Waals surface area (Å²) in [5.41, 5.74) is 2.55. The molecule has 32 heavy (non-hydrogen) atoms. The van der Waals surface area contributed by atoms with Crippen molar-refractivity contribution < 1.29 is 13.2 Å². The van der Waals surface area contributed by atoms with Gasteiger partial charge >= 0.3 is 0 Å². The Morgan fingerprint density at radius 2 is 1.72 bits per heavy atom. The molecule has 0 spiro atoms. The normalized spacial score (nSPS) is 17.3. The van der Waals surface area contributed by atoms with E-state index >= 15 is 0 Å². The number of carbonyl (C=O) groups excluding carboxylic acids is 1. The van der Waals surface area contributed by atoms with Gasteiger partial charge in [-0.1, -0.05) is 42.0 Å². The summed E-state index contributed by atoms with van der Waals surface area (Å²) < 4.78 is 27.4. The summed E-state index contributed by atoms with van der Waals surface area (Å²) in [5, 5.41) is 9.26. The number of hydrogen-bond donors (Lipinski definition) is 0. The Bertz CT molecular complexity index is 1110. The van der Waals surface area contributed by atoms with Crippen molar-refractivity contribution in [3.63, 3.8) is 0 Å². The fourth-order valence-electron chi connectivity index (χ4n) is 4.06. The van der Waals surface area contributed by atoms with Gasteiger partial charge < -0.3 is 4.90 Å². The van der Waals surface area contributed by atoms with Crippen molar-refractivity contribution in [2.45, 2.75) is 37.2 Å². The summed E-state index contributed by atoms with van der Waals surface area (Å²) in [6, 6.07) is 17.0. The van der Waals surface area contributed by atoms with Crippen LogP contribution in [0.25, 0.3) is 0 Å². The van der Waals surface area contributed by atoms with Gasteiger partial charge in [-0.2, -0.15) is 9.57 Å². The lowest BCUT2D eigenvalue weighted by Gasteiger charge is -2.35. The zero-order valence-electron chi connectivity index (χ0n) is 18.3. The van der Waals surface area contributed by atoms with Crippen LogP contribution < -0.4 is 0 Å². The molecule has 7 nitrogen and oxygen atoms in total. The Kier molecular flexibility index (Phi) is 6.60. The van der Waals surface area contributed by atoms with E-state index in [1.807, 2.05) is 6.07 Å². The predicted molar refractivity (Wildman–Crippen MR) is 121 cm³/mol. The molecule has 0 unspecified atom stereocenters. The third kappa shape index (κ3) is 5.01. The second kappa shape index (κ2) is 9.41. The highest BCUT2D eigenvalue weighted by Gasteiger charge is 2.34. The molecule has 1 saturated heterocycles. The van der Waals surface area contributed by atoms with Crippen LogP contribution in [0.15, 0.2) is 53.4 Å². The van der Waals surface area contributed by atoms with Gasteiger partial charge in [0.15, 0.2) is 0 Å². The lowest BCUT2D eigenvalue weighted by molar-refractivity contribution is -0.133. The summed E-state index contributed by atoms with van der Waals surface area (Å²) in [7, 11) is -3.76. The summed E-state index contributed by atoms with van der Waals surface area (Å²) in [5.74, 6) is 0.0403. The highest BCUT2D eigenvalue weighted by atomic mass is 32.2. The van der Waals surface area contributed by atoms with Gasteiger partial charge in [0.2, 0.25) is 15.9 Å². The number of hydrogen-bond acceptors (Lipinski definition) is 5. The number of nitrogens with zero attached hydrogens (tertiary/aromatic N) is 4. The van der Waals surface area contributed by atoms with E-state index in [4.69, 9.17) is 0 Å². The van der Waals surface area contributed by atoms with E-state index in [1.54, 1.807) is 17.0 Å². The van der Waals surface area contributed by atoms with Gasteiger partial charge in [0.1, 0.15) is 6.07 Å². The summed E-state index contributed by atoms with van der Waals surface area (Å²) in [6.45, 7) is 4.33. The van der Waals surface area contributed by atoms with Gasteiger partial charge in [0.25, 0.3) is 0 Å². The van der Waals surface area contributed by atoms with Crippen molar-refractivity contribution in [2.75, 3.05) is 32.7 Å². The molecular formula is C24H28N4O3S. The van der Waals surface area contributed by atoms with E-state index in [2.05, 4.69) is 36.1 Å². The van der Waals surface area contributed by atoms with Crippen LogP contribution in [-0.2, 0) is 21.4 Å². The maximum absolute atomic E-state index is 13.0. The molecule has 0 aromatic heterocycles. The molecule has 168 valence electrons. The smallest absolute Gasteiger partial charge is 0.244 e. The zero-order chi connectivity index (χ0) is 22.7. The average Bonchev–Trinajstić information content (AvgIpc) is 3.65. The highest BCUT2D eigenvalue weighted by Crippen LogP contribution is 2.28. The van der Waals surface area contributed by atoms with Gasteiger partial charge in [0.05, 0.1) is 17.0 Å². The number of amides is 1. The molecule has 0 radical (unpaired) electrons. The average molecular weight is 453 g/mol. The highest BCUT2D eigenvalue weighted by molar-refractivity contribution is 7.89. The van der Waals surface area contributed by atoms with Crippen molar-refractivity contribution in [1.29, 1.82) is 5.26 Å². The van der Waals surface area contributed by atoms with Gasteiger partial charge in [-0.15, -0.1) is 0 Å². The van der Waals surface area contributed by atoms with Crippen LogP contribution in [0.4, 0.5) is 0 Å². The zero-order valence-corrected chi connectivity index (χ0v) is 19.1. The lowest BCUT2D eigenvalue weighted by Crippen LogP contribution is -2.52. The number of nitriles is 1. The van der Waals surface area contributed by atoms with Crippen molar-refractivity contribution >= 4 is 15.9 Å². The molecule has 1 aliphatic carbocycles.